The number of aromatic amines is 1. The number of H-pyrrole nitrogens is 1. The first kappa shape index (κ1) is 12.6. The van der Waals surface area contributed by atoms with Gasteiger partial charge in [-0.3, -0.25) is 5.10 Å². The minimum atomic E-state index is 0.717. The molecule has 5 nitrogen and oxygen atoms in total. The van der Waals surface area contributed by atoms with Gasteiger partial charge in [0, 0.05) is 17.3 Å². The third-order valence-electron chi connectivity index (χ3n) is 3.61. The van der Waals surface area contributed by atoms with E-state index in [9.17, 15) is 0 Å². The number of fused-ring (bicyclic) bond motifs is 1. The summed E-state index contributed by atoms with van der Waals surface area (Å²) in [5, 5.41) is 8.34. The fourth-order valence-corrected chi connectivity index (χ4v) is 2.62. The van der Waals surface area contributed by atoms with Crippen LogP contribution in [0.25, 0.3) is 33.6 Å². The Kier molecular flexibility index (Phi) is 2.89. The maximum atomic E-state index is 5.54. The van der Waals surface area contributed by atoms with Gasteiger partial charge in [0.25, 0.3) is 0 Å². The summed E-state index contributed by atoms with van der Waals surface area (Å²) in [6.45, 7) is 0. The van der Waals surface area contributed by atoms with Crippen LogP contribution in [-0.2, 0) is 0 Å². The molecule has 0 fully saturated rings. The predicted octanol–water partition coefficient (Wildman–Crippen LogP) is 3.89. The van der Waals surface area contributed by atoms with Crippen LogP contribution in [0.2, 0.25) is 0 Å². The van der Waals surface area contributed by atoms with E-state index in [1.165, 1.54) is 0 Å². The van der Waals surface area contributed by atoms with E-state index in [1.54, 1.807) is 19.6 Å². The third-order valence-corrected chi connectivity index (χ3v) is 3.61. The molecule has 0 spiro atoms. The number of nitrogens with zero attached hydrogens (tertiary/aromatic N) is 2. The Bertz CT molecular complexity index is 926. The zero-order valence-corrected chi connectivity index (χ0v) is 11.9. The van der Waals surface area contributed by atoms with Crippen LogP contribution < -0.4 is 4.74 Å². The summed E-state index contributed by atoms with van der Waals surface area (Å²) >= 11 is 0. The van der Waals surface area contributed by atoms with Gasteiger partial charge < -0.3 is 9.15 Å². The van der Waals surface area contributed by atoms with Gasteiger partial charge in [0.15, 0.2) is 5.65 Å². The minimum absolute atomic E-state index is 0.717. The van der Waals surface area contributed by atoms with E-state index in [2.05, 4.69) is 15.2 Å². The largest absolute Gasteiger partial charge is 0.496 e. The second-order valence-electron chi connectivity index (χ2n) is 4.83. The van der Waals surface area contributed by atoms with Crippen molar-refractivity contribution in [1.29, 1.82) is 0 Å². The molecule has 0 atom stereocenters. The minimum Gasteiger partial charge on any atom is -0.496 e. The molecule has 3 heterocycles. The number of rotatable bonds is 3. The first-order valence-electron chi connectivity index (χ1n) is 6.89. The fourth-order valence-electron chi connectivity index (χ4n) is 2.62. The molecule has 0 radical (unpaired) electrons. The first-order valence-corrected chi connectivity index (χ1v) is 6.89. The topological polar surface area (TPSA) is 63.9 Å². The van der Waals surface area contributed by atoms with Crippen LogP contribution in [0.1, 0.15) is 0 Å². The van der Waals surface area contributed by atoms with Gasteiger partial charge in [0.2, 0.25) is 0 Å². The standard InChI is InChI=1S/C17H13N3O2/c1-21-13-6-3-2-5-12(13)16-15-11(14-7-4-10-22-14)8-9-18-17(15)20-19-16/h2-10H,1H3,(H,18,19,20). The van der Waals surface area contributed by atoms with Crippen molar-refractivity contribution in [1.82, 2.24) is 15.2 Å². The molecular formula is C17H13N3O2. The third kappa shape index (κ3) is 1.87. The van der Waals surface area contributed by atoms with Gasteiger partial charge in [-0.25, -0.2) is 4.98 Å². The molecule has 0 bridgehead atoms. The Morgan fingerprint density at radius 3 is 2.77 bits per heavy atom. The van der Waals surface area contributed by atoms with E-state index in [0.29, 0.717) is 0 Å². The van der Waals surface area contributed by atoms with E-state index >= 15 is 0 Å². The van der Waals surface area contributed by atoms with E-state index in [1.807, 2.05) is 42.5 Å². The maximum Gasteiger partial charge on any atom is 0.156 e. The molecule has 108 valence electrons. The van der Waals surface area contributed by atoms with E-state index < -0.39 is 0 Å². The average Bonchev–Trinajstić information content (AvgIpc) is 3.24. The summed E-state index contributed by atoms with van der Waals surface area (Å²) in [5.41, 5.74) is 3.38. The van der Waals surface area contributed by atoms with Crippen molar-refractivity contribution in [3.63, 3.8) is 0 Å². The molecule has 0 aliphatic carbocycles. The number of methoxy groups -OCH3 is 1. The molecule has 0 saturated carbocycles. The van der Waals surface area contributed by atoms with Crippen LogP contribution in [-0.4, -0.2) is 22.3 Å². The molecule has 5 heteroatoms. The summed E-state index contributed by atoms with van der Waals surface area (Å²) < 4.78 is 11.0. The monoisotopic (exact) mass is 291 g/mol. The van der Waals surface area contributed by atoms with Gasteiger partial charge >= 0.3 is 0 Å². The number of hydrogen-bond donors (Lipinski definition) is 1. The highest BCUT2D eigenvalue weighted by molar-refractivity contribution is 6.02. The number of furan rings is 1. The lowest BCUT2D eigenvalue weighted by atomic mass is 10.0. The van der Waals surface area contributed by atoms with E-state index in [-0.39, 0.29) is 0 Å². The molecule has 1 N–H and O–H groups in total. The smallest absolute Gasteiger partial charge is 0.156 e. The molecule has 4 aromatic rings. The molecule has 0 saturated heterocycles. The van der Waals surface area contributed by atoms with Crippen molar-refractivity contribution in [2.75, 3.05) is 7.11 Å². The number of para-hydroxylation sites is 1. The van der Waals surface area contributed by atoms with Crippen molar-refractivity contribution in [3.05, 3.63) is 54.9 Å². The predicted molar refractivity (Wildman–Crippen MR) is 83.6 cm³/mol. The highest BCUT2D eigenvalue weighted by atomic mass is 16.5. The second kappa shape index (κ2) is 5.04. The van der Waals surface area contributed by atoms with Gasteiger partial charge in [0.1, 0.15) is 17.2 Å². The van der Waals surface area contributed by atoms with Crippen molar-refractivity contribution in [3.8, 4) is 28.3 Å². The van der Waals surface area contributed by atoms with Crippen molar-refractivity contribution >= 4 is 11.0 Å². The van der Waals surface area contributed by atoms with Crippen LogP contribution in [0.4, 0.5) is 0 Å². The number of nitrogens with one attached hydrogen (secondary N) is 1. The van der Waals surface area contributed by atoms with Crippen LogP contribution in [0.3, 0.4) is 0 Å². The van der Waals surface area contributed by atoms with Gasteiger partial charge in [-0.2, -0.15) is 5.10 Å². The molecule has 0 aliphatic rings. The fraction of sp³-hybridized carbons (Fsp3) is 0.0588. The summed E-state index contributed by atoms with van der Waals surface area (Å²) in [7, 11) is 1.65. The molecular weight excluding hydrogens is 278 g/mol. The molecule has 0 unspecified atom stereocenters. The van der Waals surface area contributed by atoms with E-state index in [4.69, 9.17) is 9.15 Å². The quantitative estimate of drug-likeness (QED) is 0.622. The lowest BCUT2D eigenvalue weighted by molar-refractivity contribution is 0.416. The van der Waals surface area contributed by atoms with Crippen LogP contribution >= 0.6 is 0 Å². The maximum absolute atomic E-state index is 5.54. The highest BCUT2D eigenvalue weighted by Gasteiger charge is 2.18. The van der Waals surface area contributed by atoms with Gasteiger partial charge in [0.05, 0.1) is 18.8 Å². The molecule has 4 rings (SSSR count). The zero-order valence-electron chi connectivity index (χ0n) is 11.9. The number of aromatic nitrogens is 3. The van der Waals surface area contributed by atoms with Crippen molar-refractivity contribution < 1.29 is 9.15 Å². The van der Waals surface area contributed by atoms with Crippen LogP contribution in [0.15, 0.2) is 59.3 Å². The Morgan fingerprint density at radius 1 is 1.05 bits per heavy atom. The molecule has 3 aromatic heterocycles. The van der Waals surface area contributed by atoms with Gasteiger partial charge in [-0.15, -0.1) is 0 Å². The summed E-state index contributed by atoms with van der Waals surface area (Å²) in [5.74, 6) is 1.55. The molecule has 0 amide bonds. The van der Waals surface area contributed by atoms with E-state index in [0.717, 1.165) is 39.4 Å². The average molecular weight is 291 g/mol. The second-order valence-corrected chi connectivity index (χ2v) is 4.83. The Morgan fingerprint density at radius 2 is 1.95 bits per heavy atom. The summed E-state index contributed by atoms with van der Waals surface area (Å²) in [4.78, 5) is 4.35. The summed E-state index contributed by atoms with van der Waals surface area (Å²) in [6, 6.07) is 13.5. The lowest BCUT2D eigenvalue weighted by Crippen LogP contribution is -1.89. The zero-order chi connectivity index (χ0) is 14.9. The molecule has 0 aliphatic heterocycles. The number of benzene rings is 1. The number of pyridine rings is 1. The van der Waals surface area contributed by atoms with Gasteiger partial charge in [-0.05, 0) is 30.3 Å². The number of hydrogen-bond acceptors (Lipinski definition) is 4. The van der Waals surface area contributed by atoms with Crippen molar-refractivity contribution in [2.45, 2.75) is 0 Å². The molecule has 1 aromatic carbocycles. The first-order chi connectivity index (χ1) is 10.9. The Balaban J connectivity index is 2.04. The Hall–Kier alpha value is -3.08. The van der Waals surface area contributed by atoms with Crippen molar-refractivity contribution in [2.24, 2.45) is 0 Å². The Labute approximate surface area is 126 Å². The molecule has 22 heavy (non-hydrogen) atoms. The van der Waals surface area contributed by atoms with Gasteiger partial charge in [-0.1, -0.05) is 12.1 Å². The highest BCUT2D eigenvalue weighted by Crippen LogP contribution is 2.37. The van der Waals surface area contributed by atoms with Crippen LogP contribution in [0, 0.1) is 0 Å². The van der Waals surface area contributed by atoms with Crippen LogP contribution in [0.5, 0.6) is 5.75 Å². The lowest BCUT2D eigenvalue weighted by Gasteiger charge is -2.07. The SMILES string of the molecule is COc1ccccc1-c1n[nH]c2nccc(-c3ccco3)c12. The summed E-state index contributed by atoms with van der Waals surface area (Å²) in [6.07, 6.45) is 3.40. The number of ether oxygens (including phenoxy) is 1. The normalized spacial score (nSPS) is 11.0.